The molecule has 0 fully saturated rings. The molecule has 1 aliphatic rings. The second-order valence-corrected chi connectivity index (χ2v) is 6.93. The zero-order valence-corrected chi connectivity index (χ0v) is 15.7. The Balaban J connectivity index is 1.54. The Kier molecular flexibility index (Phi) is 5.12. The second kappa shape index (κ2) is 8.03. The van der Waals surface area contributed by atoms with Crippen LogP contribution in [0.5, 0.6) is 0 Å². The first-order valence-corrected chi connectivity index (χ1v) is 9.33. The Morgan fingerprint density at radius 1 is 1.07 bits per heavy atom. The van der Waals surface area contributed by atoms with Gasteiger partial charge in [-0.2, -0.15) is 5.26 Å². The number of fused-ring (bicyclic) bond motifs is 1. The number of carbonyl (C=O) groups is 2. The summed E-state index contributed by atoms with van der Waals surface area (Å²) in [5, 5.41) is 11.8. The molecule has 144 valence electrons. The van der Waals surface area contributed by atoms with Crippen LogP contribution in [0.15, 0.2) is 71.3 Å². The minimum atomic E-state index is -0.624. The topological polar surface area (TPSA) is 86.3 Å². The van der Waals surface area contributed by atoms with Gasteiger partial charge in [0.1, 0.15) is 6.04 Å². The van der Waals surface area contributed by atoms with Crippen molar-refractivity contribution in [2.45, 2.75) is 25.6 Å². The molecule has 29 heavy (non-hydrogen) atoms. The van der Waals surface area contributed by atoms with Crippen LogP contribution in [0, 0.1) is 11.3 Å². The van der Waals surface area contributed by atoms with Gasteiger partial charge in [-0.05, 0) is 41.0 Å². The quantitative estimate of drug-likeness (QED) is 0.748. The molecule has 3 aromatic rings. The maximum absolute atomic E-state index is 13.0. The lowest BCUT2D eigenvalue weighted by molar-refractivity contribution is -0.126. The Bertz CT molecular complexity index is 1070. The number of amides is 2. The molecule has 1 aliphatic heterocycles. The first-order valence-electron chi connectivity index (χ1n) is 9.33. The summed E-state index contributed by atoms with van der Waals surface area (Å²) < 4.78 is 5.27. The molecule has 2 heterocycles. The van der Waals surface area contributed by atoms with E-state index in [1.807, 2.05) is 24.3 Å². The second-order valence-electron chi connectivity index (χ2n) is 6.93. The van der Waals surface area contributed by atoms with Crippen molar-refractivity contribution in [3.63, 3.8) is 0 Å². The minimum Gasteiger partial charge on any atom is -0.459 e. The maximum Gasteiger partial charge on any atom is 0.290 e. The molecule has 0 aliphatic carbocycles. The van der Waals surface area contributed by atoms with Gasteiger partial charge in [-0.1, -0.05) is 36.4 Å². The van der Waals surface area contributed by atoms with Crippen LogP contribution in [0.1, 0.15) is 32.8 Å². The number of furan rings is 1. The smallest absolute Gasteiger partial charge is 0.290 e. The predicted molar refractivity (Wildman–Crippen MR) is 106 cm³/mol. The standard InChI is InChI=1S/C23H19N3O3/c24-13-16-7-9-17(10-8-16)14-25-22(27)20-12-18-4-1-2-5-19(18)15-26(20)23(28)21-6-3-11-29-21/h1-11,20H,12,14-15H2,(H,25,27). The van der Waals surface area contributed by atoms with Gasteiger partial charge in [-0.15, -0.1) is 0 Å². The van der Waals surface area contributed by atoms with Crippen molar-refractivity contribution in [2.75, 3.05) is 0 Å². The van der Waals surface area contributed by atoms with Crippen LogP contribution in [0.3, 0.4) is 0 Å². The summed E-state index contributed by atoms with van der Waals surface area (Å²) in [6.45, 7) is 0.677. The normalized spacial score (nSPS) is 15.3. The lowest BCUT2D eigenvalue weighted by atomic mass is 9.93. The largest absolute Gasteiger partial charge is 0.459 e. The molecule has 1 N–H and O–H groups in total. The van der Waals surface area contributed by atoms with Crippen LogP contribution in [-0.4, -0.2) is 22.8 Å². The van der Waals surface area contributed by atoms with E-state index in [0.717, 1.165) is 16.7 Å². The van der Waals surface area contributed by atoms with Crippen molar-refractivity contribution >= 4 is 11.8 Å². The minimum absolute atomic E-state index is 0.217. The molecule has 0 radical (unpaired) electrons. The van der Waals surface area contributed by atoms with E-state index in [-0.39, 0.29) is 17.6 Å². The lowest BCUT2D eigenvalue weighted by Gasteiger charge is -2.35. The highest BCUT2D eigenvalue weighted by Gasteiger charge is 2.35. The van der Waals surface area contributed by atoms with Crippen LogP contribution >= 0.6 is 0 Å². The highest BCUT2D eigenvalue weighted by molar-refractivity contribution is 5.96. The van der Waals surface area contributed by atoms with E-state index in [1.165, 1.54) is 6.26 Å². The van der Waals surface area contributed by atoms with Crippen LogP contribution in [0.2, 0.25) is 0 Å². The number of hydrogen-bond donors (Lipinski definition) is 1. The number of carbonyl (C=O) groups excluding carboxylic acids is 2. The van der Waals surface area contributed by atoms with Gasteiger partial charge in [0.2, 0.25) is 5.91 Å². The molecule has 0 saturated carbocycles. The molecule has 1 unspecified atom stereocenters. The third-order valence-electron chi connectivity index (χ3n) is 5.09. The highest BCUT2D eigenvalue weighted by atomic mass is 16.3. The number of benzene rings is 2. The number of nitrogens with zero attached hydrogens (tertiary/aromatic N) is 2. The molecule has 6 heteroatoms. The fourth-order valence-corrected chi connectivity index (χ4v) is 3.52. The molecule has 0 spiro atoms. The van der Waals surface area contributed by atoms with Gasteiger partial charge >= 0.3 is 0 Å². The SMILES string of the molecule is N#Cc1ccc(CNC(=O)C2Cc3ccccc3CN2C(=O)c2ccco2)cc1. The van der Waals surface area contributed by atoms with E-state index < -0.39 is 6.04 Å². The van der Waals surface area contributed by atoms with E-state index >= 15 is 0 Å². The molecule has 6 nitrogen and oxygen atoms in total. The summed E-state index contributed by atoms with van der Waals surface area (Å²) in [6.07, 6.45) is 1.90. The fourth-order valence-electron chi connectivity index (χ4n) is 3.52. The van der Waals surface area contributed by atoms with Gasteiger partial charge in [0.25, 0.3) is 5.91 Å². The van der Waals surface area contributed by atoms with Crippen molar-refractivity contribution in [3.8, 4) is 6.07 Å². The van der Waals surface area contributed by atoms with Gasteiger partial charge in [-0.25, -0.2) is 0 Å². The number of nitriles is 1. The molecule has 1 aromatic heterocycles. The van der Waals surface area contributed by atoms with Gasteiger partial charge in [0, 0.05) is 19.5 Å². The first-order chi connectivity index (χ1) is 14.2. The Morgan fingerprint density at radius 2 is 1.83 bits per heavy atom. The van der Waals surface area contributed by atoms with E-state index in [4.69, 9.17) is 9.68 Å². The van der Waals surface area contributed by atoms with Gasteiger partial charge in [-0.3, -0.25) is 9.59 Å². The van der Waals surface area contributed by atoms with E-state index in [2.05, 4.69) is 11.4 Å². The lowest BCUT2D eigenvalue weighted by Crippen LogP contribution is -2.52. The van der Waals surface area contributed by atoms with Crippen LogP contribution < -0.4 is 5.32 Å². The summed E-state index contributed by atoms with van der Waals surface area (Å²) in [7, 11) is 0. The van der Waals surface area contributed by atoms with Crippen molar-refractivity contribution in [2.24, 2.45) is 0 Å². The fraction of sp³-hybridized carbons (Fsp3) is 0.174. The van der Waals surface area contributed by atoms with E-state index in [0.29, 0.717) is 25.1 Å². The summed E-state index contributed by atoms with van der Waals surface area (Å²) in [6, 6.07) is 19.6. The average molecular weight is 385 g/mol. The molecule has 0 saturated heterocycles. The number of rotatable bonds is 4. The maximum atomic E-state index is 13.0. The Labute approximate surface area is 168 Å². The summed E-state index contributed by atoms with van der Waals surface area (Å²) >= 11 is 0. The van der Waals surface area contributed by atoms with Gasteiger partial charge in [0.05, 0.1) is 17.9 Å². The third-order valence-corrected chi connectivity index (χ3v) is 5.09. The zero-order valence-electron chi connectivity index (χ0n) is 15.7. The van der Waals surface area contributed by atoms with Crippen molar-refractivity contribution < 1.29 is 14.0 Å². The molecule has 2 amide bonds. The van der Waals surface area contributed by atoms with E-state index in [9.17, 15) is 9.59 Å². The molecule has 0 bridgehead atoms. The highest BCUT2D eigenvalue weighted by Crippen LogP contribution is 2.25. The predicted octanol–water partition coefficient (Wildman–Crippen LogP) is 3.03. The summed E-state index contributed by atoms with van der Waals surface area (Å²) in [4.78, 5) is 27.5. The average Bonchev–Trinajstić information content (AvgIpc) is 3.31. The Morgan fingerprint density at radius 3 is 2.52 bits per heavy atom. The summed E-state index contributed by atoms with van der Waals surface area (Å²) in [5.41, 5.74) is 3.55. The van der Waals surface area contributed by atoms with Crippen LogP contribution in [-0.2, 0) is 24.3 Å². The van der Waals surface area contributed by atoms with E-state index in [1.54, 1.807) is 41.3 Å². The van der Waals surface area contributed by atoms with Crippen molar-refractivity contribution in [1.82, 2.24) is 10.2 Å². The molecular weight excluding hydrogens is 366 g/mol. The molecule has 1 atom stereocenters. The zero-order chi connectivity index (χ0) is 20.2. The van der Waals surface area contributed by atoms with Gasteiger partial charge < -0.3 is 14.6 Å². The van der Waals surface area contributed by atoms with Crippen LogP contribution in [0.25, 0.3) is 0 Å². The van der Waals surface area contributed by atoms with Crippen LogP contribution in [0.4, 0.5) is 0 Å². The number of nitrogens with one attached hydrogen (secondary N) is 1. The molecule has 4 rings (SSSR count). The van der Waals surface area contributed by atoms with Crippen molar-refractivity contribution in [3.05, 3.63) is 94.9 Å². The number of hydrogen-bond acceptors (Lipinski definition) is 4. The first kappa shape index (κ1) is 18.5. The summed E-state index contributed by atoms with van der Waals surface area (Å²) in [5.74, 6) is -0.305. The molecule has 2 aromatic carbocycles. The third kappa shape index (κ3) is 3.90. The van der Waals surface area contributed by atoms with Crippen molar-refractivity contribution in [1.29, 1.82) is 5.26 Å². The van der Waals surface area contributed by atoms with Gasteiger partial charge in [0.15, 0.2) is 5.76 Å². The Hall–Kier alpha value is -3.85. The molecular formula is C23H19N3O3. The monoisotopic (exact) mass is 385 g/mol.